The van der Waals surface area contributed by atoms with E-state index in [1.54, 1.807) is 12.1 Å². The monoisotopic (exact) mass is 249 g/mol. The largest absolute Gasteiger partial charge is 0.465 e. The summed E-state index contributed by atoms with van der Waals surface area (Å²) < 4.78 is 4.68. The van der Waals surface area contributed by atoms with Gasteiger partial charge in [-0.1, -0.05) is 0 Å². The van der Waals surface area contributed by atoms with Crippen LogP contribution in [0.5, 0.6) is 0 Å². The van der Waals surface area contributed by atoms with Gasteiger partial charge in [0.05, 0.1) is 12.7 Å². The SMILES string of the molecule is COC(=O)c1ccc(N2CCCC2CCO)cc1. The Labute approximate surface area is 107 Å². The minimum Gasteiger partial charge on any atom is -0.465 e. The normalized spacial score (nSPS) is 19.0. The molecule has 2 rings (SSSR count). The summed E-state index contributed by atoms with van der Waals surface area (Å²) in [5, 5.41) is 9.05. The minimum absolute atomic E-state index is 0.224. The number of hydrogen-bond donors (Lipinski definition) is 1. The third-order valence-electron chi connectivity index (χ3n) is 3.46. The average Bonchev–Trinajstić information content (AvgIpc) is 2.87. The van der Waals surface area contributed by atoms with Crippen molar-refractivity contribution in [2.24, 2.45) is 0 Å². The van der Waals surface area contributed by atoms with Gasteiger partial charge in [-0.2, -0.15) is 0 Å². The Morgan fingerprint density at radius 3 is 2.78 bits per heavy atom. The summed E-state index contributed by atoms with van der Waals surface area (Å²) in [6.45, 7) is 1.24. The lowest BCUT2D eigenvalue weighted by molar-refractivity contribution is 0.0601. The fourth-order valence-corrected chi connectivity index (χ4v) is 2.53. The minimum atomic E-state index is -0.310. The Morgan fingerprint density at radius 2 is 2.17 bits per heavy atom. The van der Waals surface area contributed by atoms with Crippen molar-refractivity contribution in [1.82, 2.24) is 0 Å². The lowest BCUT2D eigenvalue weighted by Gasteiger charge is -2.26. The zero-order valence-electron chi connectivity index (χ0n) is 10.6. The van der Waals surface area contributed by atoms with E-state index in [1.807, 2.05) is 12.1 Å². The van der Waals surface area contributed by atoms with E-state index in [9.17, 15) is 4.79 Å². The molecule has 0 spiro atoms. The molecule has 1 aromatic carbocycles. The number of rotatable bonds is 4. The van der Waals surface area contributed by atoms with Crippen LogP contribution in [0.1, 0.15) is 29.6 Å². The molecule has 0 radical (unpaired) electrons. The van der Waals surface area contributed by atoms with Crippen LogP contribution in [-0.2, 0) is 4.74 Å². The number of carbonyl (C=O) groups is 1. The van der Waals surface area contributed by atoms with Gasteiger partial charge in [0, 0.05) is 24.9 Å². The number of aliphatic hydroxyl groups is 1. The molecule has 1 atom stereocenters. The molecule has 0 amide bonds. The molecule has 1 aromatic rings. The summed E-state index contributed by atoms with van der Waals surface area (Å²) in [7, 11) is 1.38. The molecule has 98 valence electrons. The maximum absolute atomic E-state index is 11.3. The van der Waals surface area contributed by atoms with E-state index in [0.717, 1.165) is 31.5 Å². The van der Waals surface area contributed by atoms with Crippen LogP contribution in [0.2, 0.25) is 0 Å². The fourth-order valence-electron chi connectivity index (χ4n) is 2.53. The second kappa shape index (κ2) is 5.87. The third kappa shape index (κ3) is 2.64. The predicted octanol–water partition coefficient (Wildman–Crippen LogP) is 1.82. The first-order chi connectivity index (χ1) is 8.76. The highest BCUT2D eigenvalue weighted by atomic mass is 16.5. The second-order valence-electron chi connectivity index (χ2n) is 4.54. The van der Waals surface area contributed by atoms with Crippen molar-refractivity contribution in [3.05, 3.63) is 29.8 Å². The molecular formula is C14H19NO3. The highest BCUT2D eigenvalue weighted by Gasteiger charge is 2.24. The number of methoxy groups -OCH3 is 1. The van der Waals surface area contributed by atoms with Gasteiger partial charge in [-0.25, -0.2) is 4.79 Å². The first-order valence-electron chi connectivity index (χ1n) is 6.32. The number of ether oxygens (including phenoxy) is 1. The van der Waals surface area contributed by atoms with Gasteiger partial charge < -0.3 is 14.7 Å². The Hall–Kier alpha value is -1.55. The Bertz CT molecular complexity index is 402. The predicted molar refractivity (Wildman–Crippen MR) is 69.9 cm³/mol. The summed E-state index contributed by atoms with van der Waals surface area (Å²) in [5.41, 5.74) is 1.68. The van der Waals surface area contributed by atoms with E-state index in [1.165, 1.54) is 7.11 Å². The molecule has 0 bridgehead atoms. The molecular weight excluding hydrogens is 230 g/mol. The average molecular weight is 249 g/mol. The van der Waals surface area contributed by atoms with Crippen LogP contribution in [0.25, 0.3) is 0 Å². The van der Waals surface area contributed by atoms with Gasteiger partial charge in [0.1, 0.15) is 0 Å². The Kier molecular flexibility index (Phi) is 4.20. The molecule has 1 aliphatic heterocycles. The molecule has 1 saturated heterocycles. The van der Waals surface area contributed by atoms with Crippen LogP contribution < -0.4 is 4.90 Å². The lowest BCUT2D eigenvalue weighted by Crippen LogP contribution is -2.29. The van der Waals surface area contributed by atoms with Crippen molar-refractivity contribution in [2.45, 2.75) is 25.3 Å². The zero-order chi connectivity index (χ0) is 13.0. The Morgan fingerprint density at radius 1 is 1.44 bits per heavy atom. The molecule has 18 heavy (non-hydrogen) atoms. The van der Waals surface area contributed by atoms with Crippen molar-refractivity contribution in [3.63, 3.8) is 0 Å². The molecule has 0 saturated carbocycles. The quantitative estimate of drug-likeness (QED) is 0.827. The van der Waals surface area contributed by atoms with E-state index in [0.29, 0.717) is 11.6 Å². The van der Waals surface area contributed by atoms with Crippen molar-refractivity contribution in [1.29, 1.82) is 0 Å². The highest BCUT2D eigenvalue weighted by Crippen LogP contribution is 2.27. The summed E-state index contributed by atoms with van der Waals surface area (Å²) in [4.78, 5) is 13.6. The number of anilines is 1. The maximum Gasteiger partial charge on any atom is 0.337 e. The van der Waals surface area contributed by atoms with Crippen LogP contribution in [0, 0.1) is 0 Å². The smallest absolute Gasteiger partial charge is 0.337 e. The van der Waals surface area contributed by atoms with Gasteiger partial charge in [-0.3, -0.25) is 0 Å². The van der Waals surface area contributed by atoms with Crippen LogP contribution in [-0.4, -0.2) is 37.4 Å². The van der Waals surface area contributed by atoms with Gasteiger partial charge in [0.2, 0.25) is 0 Å². The van der Waals surface area contributed by atoms with Crippen molar-refractivity contribution in [2.75, 3.05) is 25.2 Å². The van der Waals surface area contributed by atoms with Crippen molar-refractivity contribution in [3.8, 4) is 0 Å². The number of nitrogens with zero attached hydrogens (tertiary/aromatic N) is 1. The van der Waals surface area contributed by atoms with Gasteiger partial charge in [0.25, 0.3) is 0 Å². The molecule has 1 unspecified atom stereocenters. The van der Waals surface area contributed by atoms with E-state index in [4.69, 9.17) is 5.11 Å². The number of carbonyl (C=O) groups excluding carboxylic acids is 1. The molecule has 4 nitrogen and oxygen atoms in total. The number of esters is 1. The molecule has 4 heteroatoms. The second-order valence-corrected chi connectivity index (χ2v) is 4.54. The van der Waals surface area contributed by atoms with Gasteiger partial charge in [-0.15, -0.1) is 0 Å². The molecule has 1 fully saturated rings. The first kappa shape index (κ1) is 12.9. The lowest BCUT2D eigenvalue weighted by atomic mass is 10.1. The van der Waals surface area contributed by atoms with Crippen molar-refractivity contribution >= 4 is 11.7 Å². The van der Waals surface area contributed by atoms with E-state index in [2.05, 4.69) is 9.64 Å². The molecule has 0 aromatic heterocycles. The standard InChI is InChI=1S/C14H19NO3/c1-18-14(17)11-4-6-13(7-5-11)15-9-2-3-12(15)8-10-16/h4-7,12,16H,2-3,8-10H2,1H3. The zero-order valence-corrected chi connectivity index (χ0v) is 10.6. The van der Waals surface area contributed by atoms with Gasteiger partial charge in [-0.05, 0) is 43.5 Å². The molecule has 1 N–H and O–H groups in total. The summed E-state index contributed by atoms with van der Waals surface area (Å²) in [5.74, 6) is -0.310. The summed E-state index contributed by atoms with van der Waals surface area (Å²) in [6.07, 6.45) is 3.08. The van der Waals surface area contributed by atoms with E-state index in [-0.39, 0.29) is 12.6 Å². The van der Waals surface area contributed by atoms with Crippen LogP contribution in [0.15, 0.2) is 24.3 Å². The van der Waals surface area contributed by atoms with Crippen LogP contribution >= 0.6 is 0 Å². The van der Waals surface area contributed by atoms with Crippen molar-refractivity contribution < 1.29 is 14.6 Å². The first-order valence-corrected chi connectivity index (χ1v) is 6.32. The molecule has 0 aliphatic carbocycles. The third-order valence-corrected chi connectivity index (χ3v) is 3.46. The van der Waals surface area contributed by atoms with E-state index < -0.39 is 0 Å². The highest BCUT2D eigenvalue weighted by molar-refractivity contribution is 5.89. The van der Waals surface area contributed by atoms with Gasteiger partial charge in [0.15, 0.2) is 0 Å². The van der Waals surface area contributed by atoms with Crippen LogP contribution in [0.3, 0.4) is 0 Å². The van der Waals surface area contributed by atoms with E-state index >= 15 is 0 Å². The topological polar surface area (TPSA) is 49.8 Å². The maximum atomic E-state index is 11.3. The number of hydrogen-bond acceptors (Lipinski definition) is 4. The summed E-state index contributed by atoms with van der Waals surface area (Å²) in [6, 6.07) is 7.88. The van der Waals surface area contributed by atoms with Crippen LogP contribution in [0.4, 0.5) is 5.69 Å². The molecule has 1 heterocycles. The Balaban J connectivity index is 2.11. The molecule has 1 aliphatic rings. The number of benzene rings is 1. The van der Waals surface area contributed by atoms with Gasteiger partial charge >= 0.3 is 5.97 Å². The fraction of sp³-hybridized carbons (Fsp3) is 0.500. The summed E-state index contributed by atoms with van der Waals surface area (Å²) >= 11 is 0. The number of aliphatic hydroxyl groups excluding tert-OH is 1.